The minimum absolute atomic E-state index is 0.221. The van der Waals surface area contributed by atoms with E-state index in [1.165, 1.54) is 33.3 Å². The van der Waals surface area contributed by atoms with Crippen LogP contribution in [0.3, 0.4) is 0 Å². The third kappa shape index (κ3) is 4.05. The predicted octanol–water partition coefficient (Wildman–Crippen LogP) is 2.09. The topological polar surface area (TPSA) is 74.3 Å². The molecule has 0 unspecified atom stereocenters. The molecular weight excluding hydrogens is 366 g/mol. The summed E-state index contributed by atoms with van der Waals surface area (Å²) in [6, 6.07) is 3.37. The molecule has 7 nitrogen and oxygen atoms in total. The number of esters is 1. The van der Waals surface area contributed by atoms with Crippen molar-refractivity contribution in [2.45, 2.75) is 0 Å². The lowest BCUT2D eigenvalue weighted by Crippen LogP contribution is -2.33. The summed E-state index contributed by atoms with van der Waals surface area (Å²) in [5, 5.41) is 0. The van der Waals surface area contributed by atoms with Gasteiger partial charge >= 0.3 is 5.97 Å². The minimum Gasteiger partial charge on any atom is -0.496 e. The summed E-state index contributed by atoms with van der Waals surface area (Å²) in [6.07, 6.45) is 1.64. The van der Waals surface area contributed by atoms with Crippen LogP contribution < -0.4 is 14.2 Å². The number of amides is 1. The molecule has 1 saturated heterocycles. The summed E-state index contributed by atoms with van der Waals surface area (Å²) < 4.78 is 20.7. The van der Waals surface area contributed by atoms with E-state index >= 15 is 0 Å². The van der Waals surface area contributed by atoms with E-state index in [9.17, 15) is 9.59 Å². The molecule has 0 aliphatic carbocycles. The maximum Gasteiger partial charge on any atom is 0.325 e. The number of rotatable bonds is 6. The molecule has 0 aromatic heterocycles. The van der Waals surface area contributed by atoms with Crippen molar-refractivity contribution in [2.75, 3.05) is 35.0 Å². The van der Waals surface area contributed by atoms with Crippen molar-refractivity contribution >= 4 is 46.3 Å². The van der Waals surface area contributed by atoms with Gasteiger partial charge in [0, 0.05) is 11.6 Å². The largest absolute Gasteiger partial charge is 0.496 e. The Labute approximate surface area is 154 Å². The van der Waals surface area contributed by atoms with Gasteiger partial charge < -0.3 is 18.9 Å². The fraction of sp³-hybridized carbons (Fsp3) is 0.312. The number of hydrogen-bond donors (Lipinski definition) is 0. The molecule has 1 heterocycles. The molecule has 2 rings (SSSR count). The van der Waals surface area contributed by atoms with Gasteiger partial charge in [0.15, 0.2) is 11.5 Å². The van der Waals surface area contributed by atoms with Gasteiger partial charge in [-0.25, -0.2) is 0 Å². The monoisotopic (exact) mass is 383 g/mol. The van der Waals surface area contributed by atoms with Crippen molar-refractivity contribution < 1.29 is 28.5 Å². The maximum absolute atomic E-state index is 12.5. The Morgan fingerprint density at radius 2 is 1.72 bits per heavy atom. The Balaban J connectivity index is 2.38. The molecule has 0 radical (unpaired) electrons. The summed E-state index contributed by atoms with van der Waals surface area (Å²) in [7, 11) is 5.81. The Kier molecular flexibility index (Phi) is 6.27. The smallest absolute Gasteiger partial charge is 0.325 e. The summed E-state index contributed by atoms with van der Waals surface area (Å²) in [5.74, 6) is 0.615. The van der Waals surface area contributed by atoms with Crippen LogP contribution in [0.5, 0.6) is 17.2 Å². The molecule has 134 valence electrons. The average molecular weight is 383 g/mol. The van der Waals surface area contributed by atoms with Crippen molar-refractivity contribution in [1.82, 2.24) is 4.90 Å². The molecule has 0 spiro atoms. The Morgan fingerprint density at radius 1 is 1.12 bits per heavy atom. The van der Waals surface area contributed by atoms with Gasteiger partial charge in [0.05, 0.1) is 33.3 Å². The predicted molar refractivity (Wildman–Crippen MR) is 98.0 cm³/mol. The highest BCUT2D eigenvalue weighted by atomic mass is 32.2. The summed E-state index contributed by atoms with van der Waals surface area (Å²) >= 11 is 6.28. The lowest BCUT2D eigenvalue weighted by Gasteiger charge is -2.13. The van der Waals surface area contributed by atoms with Crippen LogP contribution in [0, 0.1) is 0 Å². The second kappa shape index (κ2) is 8.21. The Morgan fingerprint density at radius 3 is 2.28 bits per heavy atom. The van der Waals surface area contributed by atoms with E-state index in [1.807, 2.05) is 0 Å². The molecule has 1 aliphatic rings. The molecule has 0 bridgehead atoms. The van der Waals surface area contributed by atoms with Crippen LogP contribution >= 0.6 is 24.0 Å². The van der Waals surface area contributed by atoms with Gasteiger partial charge in [-0.1, -0.05) is 24.0 Å². The van der Waals surface area contributed by atoms with Gasteiger partial charge in [0.2, 0.25) is 0 Å². The first-order valence-electron chi connectivity index (χ1n) is 7.07. The van der Waals surface area contributed by atoms with Gasteiger partial charge in [0.1, 0.15) is 16.6 Å². The second-order valence-corrected chi connectivity index (χ2v) is 6.47. The Bertz CT molecular complexity index is 746. The molecule has 9 heteroatoms. The second-order valence-electron chi connectivity index (χ2n) is 4.79. The van der Waals surface area contributed by atoms with E-state index in [1.54, 1.807) is 18.2 Å². The number of carbonyl (C=O) groups is 2. The van der Waals surface area contributed by atoms with Crippen molar-refractivity contribution in [3.05, 3.63) is 22.6 Å². The number of hydrogen-bond acceptors (Lipinski definition) is 8. The first-order valence-corrected chi connectivity index (χ1v) is 8.29. The number of benzene rings is 1. The average Bonchev–Trinajstić information content (AvgIpc) is 2.88. The fourth-order valence-electron chi connectivity index (χ4n) is 2.14. The number of carbonyl (C=O) groups excluding carboxylic acids is 2. The number of thiocarbonyl (C=S) groups is 1. The SMILES string of the molecule is COC(=O)CN1C(=O)/C(=C/c2cc(OC)c(OC)cc2OC)SC1=S. The maximum atomic E-state index is 12.5. The highest BCUT2D eigenvalue weighted by molar-refractivity contribution is 8.26. The number of thioether (sulfide) groups is 1. The summed E-state index contributed by atoms with van der Waals surface area (Å²) in [5.41, 5.74) is 0.624. The molecular formula is C16H17NO6S2. The fourth-order valence-corrected chi connectivity index (χ4v) is 3.38. The first-order chi connectivity index (χ1) is 11.9. The molecule has 1 fully saturated rings. The van der Waals surface area contributed by atoms with E-state index in [2.05, 4.69) is 4.74 Å². The third-order valence-electron chi connectivity index (χ3n) is 3.41. The van der Waals surface area contributed by atoms with Gasteiger partial charge in [-0.2, -0.15) is 0 Å². The van der Waals surface area contributed by atoms with E-state index in [0.717, 1.165) is 11.8 Å². The number of nitrogens with zero attached hydrogens (tertiary/aromatic N) is 1. The molecule has 1 aromatic rings. The van der Waals surface area contributed by atoms with Crippen LogP contribution in [0.4, 0.5) is 0 Å². The van der Waals surface area contributed by atoms with Crippen molar-refractivity contribution in [3.8, 4) is 17.2 Å². The van der Waals surface area contributed by atoms with Crippen molar-refractivity contribution in [2.24, 2.45) is 0 Å². The number of methoxy groups -OCH3 is 4. The van der Waals surface area contributed by atoms with Gasteiger partial charge in [0.25, 0.3) is 5.91 Å². The van der Waals surface area contributed by atoms with Crippen LogP contribution in [0.1, 0.15) is 5.56 Å². The van der Waals surface area contributed by atoms with Crippen LogP contribution in [0.15, 0.2) is 17.0 Å². The third-order valence-corrected chi connectivity index (χ3v) is 4.79. The standard InChI is InChI=1S/C16H17NO6S2/c1-20-10-7-12(22-3)11(21-2)5-9(10)6-13-15(19)17(16(24)25-13)8-14(18)23-4/h5-7H,8H2,1-4H3/b13-6-. The minimum atomic E-state index is -0.541. The van der Waals surface area contributed by atoms with Crippen LogP contribution in [-0.4, -0.2) is 56.1 Å². The van der Waals surface area contributed by atoms with Crippen LogP contribution in [-0.2, 0) is 14.3 Å². The molecule has 0 N–H and O–H groups in total. The van der Waals surface area contributed by atoms with Crippen molar-refractivity contribution in [1.29, 1.82) is 0 Å². The van der Waals surface area contributed by atoms with Crippen LogP contribution in [0.2, 0.25) is 0 Å². The Hall–Kier alpha value is -2.26. The van der Waals surface area contributed by atoms with Gasteiger partial charge in [-0.05, 0) is 12.1 Å². The highest BCUT2D eigenvalue weighted by Gasteiger charge is 2.34. The van der Waals surface area contributed by atoms with E-state index in [0.29, 0.717) is 32.0 Å². The molecule has 1 amide bonds. The van der Waals surface area contributed by atoms with E-state index < -0.39 is 5.97 Å². The quantitative estimate of drug-likeness (QED) is 0.420. The lowest BCUT2D eigenvalue weighted by molar-refractivity contribution is -0.143. The van der Waals surface area contributed by atoms with E-state index in [-0.39, 0.29) is 12.5 Å². The van der Waals surface area contributed by atoms with E-state index in [4.69, 9.17) is 26.4 Å². The summed E-state index contributed by atoms with van der Waals surface area (Å²) in [6.45, 7) is -0.221. The molecule has 25 heavy (non-hydrogen) atoms. The first kappa shape index (κ1) is 19.1. The van der Waals surface area contributed by atoms with Gasteiger partial charge in [-0.3, -0.25) is 14.5 Å². The molecule has 0 atom stereocenters. The number of ether oxygens (including phenoxy) is 4. The zero-order valence-electron chi connectivity index (χ0n) is 14.2. The zero-order valence-corrected chi connectivity index (χ0v) is 15.8. The van der Waals surface area contributed by atoms with Gasteiger partial charge in [-0.15, -0.1) is 0 Å². The molecule has 1 aromatic carbocycles. The lowest BCUT2D eigenvalue weighted by atomic mass is 10.1. The van der Waals surface area contributed by atoms with Crippen molar-refractivity contribution in [3.63, 3.8) is 0 Å². The molecule has 0 saturated carbocycles. The molecule has 1 aliphatic heterocycles. The summed E-state index contributed by atoms with van der Waals surface area (Å²) in [4.78, 5) is 25.5. The normalized spacial score (nSPS) is 15.5. The highest BCUT2D eigenvalue weighted by Crippen LogP contribution is 2.38. The zero-order chi connectivity index (χ0) is 18.6. The van der Waals surface area contributed by atoms with Crippen LogP contribution in [0.25, 0.3) is 6.08 Å².